The summed E-state index contributed by atoms with van der Waals surface area (Å²) in [4.78, 5) is 24.3. The number of hydrogen-bond acceptors (Lipinski definition) is 5. The Kier molecular flexibility index (Phi) is 5.98. The summed E-state index contributed by atoms with van der Waals surface area (Å²) in [5, 5.41) is 3.50. The van der Waals surface area contributed by atoms with E-state index in [1.165, 1.54) is 0 Å². The van der Waals surface area contributed by atoms with Crippen molar-refractivity contribution in [3.8, 4) is 5.75 Å². The number of fused-ring (bicyclic) bond motifs is 1. The van der Waals surface area contributed by atoms with Crippen LogP contribution in [0.15, 0.2) is 21.3 Å². The smallest absolute Gasteiger partial charge is 0.340 e. The van der Waals surface area contributed by atoms with Crippen molar-refractivity contribution < 1.29 is 18.7 Å². The van der Waals surface area contributed by atoms with Crippen LogP contribution in [-0.4, -0.2) is 33.3 Å². The number of benzene rings is 1. The van der Waals surface area contributed by atoms with Crippen LogP contribution in [0, 0.1) is 13.8 Å². The summed E-state index contributed by atoms with van der Waals surface area (Å²) in [5.74, 6) is 0.417. The molecule has 2 aromatic rings. The van der Waals surface area contributed by atoms with Crippen LogP contribution in [-0.2, 0) is 16.0 Å². The fourth-order valence-electron chi connectivity index (χ4n) is 2.67. The van der Waals surface area contributed by atoms with E-state index >= 15 is 0 Å². The Morgan fingerprint density at radius 1 is 1.25 bits per heavy atom. The summed E-state index contributed by atoms with van der Waals surface area (Å²) in [6.45, 7) is 4.80. The van der Waals surface area contributed by atoms with Gasteiger partial charge >= 0.3 is 5.63 Å². The highest BCUT2D eigenvalue weighted by molar-refractivity contribution is 5.89. The number of nitrogens with one attached hydrogen (secondary N) is 1. The van der Waals surface area contributed by atoms with E-state index in [2.05, 4.69) is 5.32 Å². The molecule has 1 amide bonds. The normalized spacial score (nSPS) is 10.8. The lowest BCUT2D eigenvalue weighted by atomic mass is 10.0. The van der Waals surface area contributed by atoms with Gasteiger partial charge in [-0.15, -0.1) is 0 Å². The first-order valence-corrected chi connectivity index (χ1v) is 7.84. The zero-order valence-electron chi connectivity index (χ0n) is 14.5. The number of amides is 1. The number of hydrogen-bond donors (Lipinski definition) is 1. The molecule has 6 heteroatoms. The summed E-state index contributed by atoms with van der Waals surface area (Å²) < 4.78 is 15.7. The van der Waals surface area contributed by atoms with Crippen LogP contribution in [0.4, 0.5) is 0 Å². The molecule has 0 bridgehead atoms. The highest BCUT2D eigenvalue weighted by Crippen LogP contribution is 2.30. The third kappa shape index (κ3) is 3.94. The van der Waals surface area contributed by atoms with E-state index in [4.69, 9.17) is 13.9 Å². The Bertz CT molecular complexity index is 794. The van der Waals surface area contributed by atoms with Crippen molar-refractivity contribution in [2.45, 2.75) is 26.7 Å². The Labute approximate surface area is 140 Å². The molecule has 130 valence electrons. The molecule has 0 aliphatic heterocycles. The molecule has 0 spiro atoms. The molecule has 0 aliphatic carbocycles. The topological polar surface area (TPSA) is 77.8 Å². The van der Waals surface area contributed by atoms with E-state index in [-0.39, 0.29) is 12.3 Å². The zero-order valence-corrected chi connectivity index (χ0v) is 14.5. The maximum absolute atomic E-state index is 12.3. The van der Waals surface area contributed by atoms with Crippen LogP contribution in [0.5, 0.6) is 5.75 Å². The standard InChI is InChI=1S/C18H23NO5/c1-11-8-14(23-4)17-12(2)13(18(21)24-15(17)9-11)10-16(20)19-6-5-7-22-3/h8-9H,5-7,10H2,1-4H3,(H,19,20). The third-order valence-electron chi connectivity index (χ3n) is 3.89. The molecular weight excluding hydrogens is 310 g/mol. The highest BCUT2D eigenvalue weighted by atomic mass is 16.5. The minimum Gasteiger partial charge on any atom is -0.496 e. The van der Waals surface area contributed by atoms with Gasteiger partial charge in [-0.1, -0.05) is 0 Å². The van der Waals surface area contributed by atoms with Gasteiger partial charge < -0.3 is 19.2 Å². The average Bonchev–Trinajstić information content (AvgIpc) is 2.54. The molecule has 6 nitrogen and oxygen atoms in total. The second-order valence-electron chi connectivity index (χ2n) is 5.71. The predicted molar refractivity (Wildman–Crippen MR) is 91.7 cm³/mol. The van der Waals surface area contributed by atoms with Crippen molar-refractivity contribution in [3.05, 3.63) is 39.2 Å². The van der Waals surface area contributed by atoms with E-state index in [9.17, 15) is 9.59 Å². The minimum atomic E-state index is -0.486. The van der Waals surface area contributed by atoms with Crippen LogP contribution in [0.3, 0.4) is 0 Å². The number of aryl methyl sites for hydroxylation is 2. The molecule has 0 atom stereocenters. The van der Waals surface area contributed by atoms with Crippen molar-refractivity contribution in [1.29, 1.82) is 0 Å². The van der Waals surface area contributed by atoms with E-state index < -0.39 is 5.63 Å². The molecule has 0 radical (unpaired) electrons. The first-order chi connectivity index (χ1) is 11.5. The monoisotopic (exact) mass is 333 g/mol. The van der Waals surface area contributed by atoms with Crippen LogP contribution >= 0.6 is 0 Å². The van der Waals surface area contributed by atoms with E-state index in [0.29, 0.717) is 35.6 Å². The van der Waals surface area contributed by atoms with Gasteiger partial charge in [0.1, 0.15) is 11.3 Å². The molecule has 1 aromatic carbocycles. The molecule has 2 rings (SSSR count). The van der Waals surface area contributed by atoms with Crippen LogP contribution in [0.2, 0.25) is 0 Å². The Morgan fingerprint density at radius 3 is 2.67 bits per heavy atom. The molecule has 1 aromatic heterocycles. The molecule has 1 N–H and O–H groups in total. The Hall–Kier alpha value is -2.34. The summed E-state index contributed by atoms with van der Waals surface area (Å²) in [7, 11) is 3.18. The maximum atomic E-state index is 12.3. The van der Waals surface area contributed by atoms with Crippen LogP contribution in [0.1, 0.15) is 23.1 Å². The quantitative estimate of drug-likeness (QED) is 0.620. The number of carbonyl (C=O) groups is 1. The second-order valence-corrected chi connectivity index (χ2v) is 5.71. The molecular formula is C18H23NO5. The number of methoxy groups -OCH3 is 2. The molecule has 24 heavy (non-hydrogen) atoms. The van der Waals surface area contributed by atoms with E-state index in [1.807, 2.05) is 19.9 Å². The van der Waals surface area contributed by atoms with Gasteiger partial charge in [-0.05, 0) is 43.5 Å². The Morgan fingerprint density at radius 2 is 2.00 bits per heavy atom. The highest BCUT2D eigenvalue weighted by Gasteiger charge is 2.17. The summed E-state index contributed by atoms with van der Waals surface area (Å²) in [6, 6.07) is 3.67. The molecule has 1 heterocycles. The van der Waals surface area contributed by atoms with Gasteiger partial charge in [0.05, 0.1) is 24.5 Å². The van der Waals surface area contributed by atoms with Gasteiger partial charge in [0, 0.05) is 20.3 Å². The molecule has 0 fully saturated rings. The first-order valence-electron chi connectivity index (χ1n) is 7.84. The largest absolute Gasteiger partial charge is 0.496 e. The SMILES string of the molecule is COCCCNC(=O)Cc1c(C)c2c(OC)cc(C)cc2oc1=O. The molecule has 0 unspecified atom stereocenters. The first kappa shape index (κ1) is 18.0. The summed E-state index contributed by atoms with van der Waals surface area (Å²) in [6.07, 6.45) is 0.703. The third-order valence-corrected chi connectivity index (χ3v) is 3.89. The van der Waals surface area contributed by atoms with Crippen molar-refractivity contribution in [2.24, 2.45) is 0 Å². The van der Waals surface area contributed by atoms with Crippen molar-refractivity contribution in [1.82, 2.24) is 5.32 Å². The summed E-state index contributed by atoms with van der Waals surface area (Å²) in [5.41, 5.74) is 1.99. The molecule has 0 saturated heterocycles. The molecule has 0 saturated carbocycles. The van der Waals surface area contributed by atoms with E-state index in [1.54, 1.807) is 20.3 Å². The van der Waals surface area contributed by atoms with Crippen molar-refractivity contribution in [2.75, 3.05) is 27.4 Å². The zero-order chi connectivity index (χ0) is 17.7. The number of rotatable bonds is 7. The minimum absolute atomic E-state index is 0.0197. The van der Waals surface area contributed by atoms with Crippen LogP contribution in [0.25, 0.3) is 11.0 Å². The van der Waals surface area contributed by atoms with Gasteiger partial charge in [-0.25, -0.2) is 4.79 Å². The number of ether oxygens (including phenoxy) is 2. The van der Waals surface area contributed by atoms with Gasteiger partial charge in [0.2, 0.25) is 5.91 Å². The van der Waals surface area contributed by atoms with Crippen molar-refractivity contribution >= 4 is 16.9 Å². The van der Waals surface area contributed by atoms with Crippen LogP contribution < -0.4 is 15.7 Å². The second kappa shape index (κ2) is 7.97. The number of carbonyl (C=O) groups excluding carboxylic acids is 1. The average molecular weight is 333 g/mol. The lowest BCUT2D eigenvalue weighted by Crippen LogP contribution is -2.29. The fourth-order valence-corrected chi connectivity index (χ4v) is 2.67. The predicted octanol–water partition coefficient (Wildman–Crippen LogP) is 2.11. The maximum Gasteiger partial charge on any atom is 0.340 e. The fraction of sp³-hybridized carbons (Fsp3) is 0.444. The van der Waals surface area contributed by atoms with Crippen molar-refractivity contribution in [3.63, 3.8) is 0 Å². The van der Waals surface area contributed by atoms with Gasteiger partial charge in [0.15, 0.2) is 0 Å². The Balaban J connectivity index is 2.32. The lowest BCUT2D eigenvalue weighted by Gasteiger charge is -2.12. The lowest BCUT2D eigenvalue weighted by molar-refractivity contribution is -0.120. The van der Waals surface area contributed by atoms with Gasteiger partial charge in [-0.3, -0.25) is 4.79 Å². The van der Waals surface area contributed by atoms with Gasteiger partial charge in [0.25, 0.3) is 0 Å². The molecule has 0 aliphatic rings. The van der Waals surface area contributed by atoms with E-state index in [0.717, 1.165) is 17.4 Å². The summed E-state index contributed by atoms with van der Waals surface area (Å²) >= 11 is 0. The van der Waals surface area contributed by atoms with Gasteiger partial charge in [-0.2, -0.15) is 0 Å².